The van der Waals surface area contributed by atoms with Gasteiger partial charge in [-0.2, -0.15) is 0 Å². The van der Waals surface area contributed by atoms with Crippen molar-refractivity contribution in [3.63, 3.8) is 0 Å². The predicted molar refractivity (Wildman–Crippen MR) is 76.5 cm³/mol. The van der Waals surface area contributed by atoms with E-state index in [1.54, 1.807) is 26.8 Å². The molecule has 0 spiro atoms. The van der Waals surface area contributed by atoms with Crippen LogP contribution < -0.4 is 0 Å². The van der Waals surface area contributed by atoms with Crippen LogP contribution in [0.3, 0.4) is 0 Å². The highest BCUT2D eigenvalue weighted by atomic mass is 19.1. The van der Waals surface area contributed by atoms with Gasteiger partial charge in [0.1, 0.15) is 11.6 Å². The summed E-state index contributed by atoms with van der Waals surface area (Å²) in [4.78, 5) is 26.5. The first-order chi connectivity index (χ1) is 9.71. The summed E-state index contributed by atoms with van der Waals surface area (Å²) in [6.07, 6.45) is 1.29. The number of ketones is 1. The van der Waals surface area contributed by atoms with E-state index in [0.29, 0.717) is 0 Å². The van der Waals surface area contributed by atoms with Gasteiger partial charge < -0.3 is 0 Å². The van der Waals surface area contributed by atoms with E-state index in [-0.39, 0.29) is 34.4 Å². The van der Waals surface area contributed by atoms with Crippen molar-refractivity contribution in [2.45, 2.75) is 27.2 Å². The lowest BCUT2D eigenvalue weighted by molar-refractivity contribution is -0.383. The van der Waals surface area contributed by atoms with Crippen molar-refractivity contribution >= 4 is 22.4 Å². The standard InChI is InChI=1S/C15H15FN2O3/c1-15(2,3)13(19)7-10-11(16)8-12(18(20)21)9-5-4-6-17-14(9)10/h4-6,8H,7H2,1-3H3. The lowest BCUT2D eigenvalue weighted by Crippen LogP contribution is -2.22. The first-order valence-corrected chi connectivity index (χ1v) is 6.45. The third kappa shape index (κ3) is 2.89. The zero-order valence-electron chi connectivity index (χ0n) is 12.0. The van der Waals surface area contributed by atoms with E-state index in [4.69, 9.17) is 0 Å². The normalized spacial score (nSPS) is 11.6. The number of nitrogens with zero attached hydrogens (tertiary/aromatic N) is 2. The van der Waals surface area contributed by atoms with Crippen molar-refractivity contribution in [3.05, 3.63) is 45.9 Å². The number of nitro benzene ring substituents is 1. The lowest BCUT2D eigenvalue weighted by Gasteiger charge is -2.17. The minimum atomic E-state index is -0.773. The number of fused-ring (bicyclic) bond motifs is 1. The van der Waals surface area contributed by atoms with E-state index in [2.05, 4.69) is 4.98 Å². The molecule has 0 amide bonds. The molecule has 110 valence electrons. The minimum Gasteiger partial charge on any atom is -0.299 e. The Morgan fingerprint density at radius 2 is 2.10 bits per heavy atom. The number of hydrogen-bond acceptors (Lipinski definition) is 4. The third-order valence-electron chi connectivity index (χ3n) is 3.29. The lowest BCUT2D eigenvalue weighted by atomic mass is 9.86. The molecule has 0 N–H and O–H groups in total. The molecule has 0 aliphatic rings. The van der Waals surface area contributed by atoms with Crippen LogP contribution in [0.25, 0.3) is 10.9 Å². The number of nitro groups is 1. The fourth-order valence-corrected chi connectivity index (χ4v) is 2.00. The predicted octanol–water partition coefficient (Wildman–Crippen LogP) is 3.44. The summed E-state index contributed by atoms with van der Waals surface area (Å²) in [5, 5.41) is 11.2. The molecule has 0 aliphatic heterocycles. The first-order valence-electron chi connectivity index (χ1n) is 6.45. The average molecular weight is 290 g/mol. The van der Waals surface area contributed by atoms with Crippen LogP contribution in [0.5, 0.6) is 0 Å². The molecular formula is C15H15FN2O3. The molecule has 0 aliphatic carbocycles. The summed E-state index contributed by atoms with van der Waals surface area (Å²) in [5.74, 6) is -0.923. The summed E-state index contributed by atoms with van der Waals surface area (Å²) in [6, 6.07) is 3.91. The van der Waals surface area contributed by atoms with Crippen LogP contribution in [-0.2, 0) is 11.2 Å². The molecule has 1 heterocycles. The first kappa shape index (κ1) is 15.0. The molecule has 0 radical (unpaired) electrons. The van der Waals surface area contributed by atoms with Gasteiger partial charge in [-0.05, 0) is 12.1 Å². The molecular weight excluding hydrogens is 275 g/mol. The van der Waals surface area contributed by atoms with Gasteiger partial charge in [-0.1, -0.05) is 20.8 Å². The highest BCUT2D eigenvalue weighted by Crippen LogP contribution is 2.31. The number of non-ortho nitro benzene ring substituents is 1. The fraction of sp³-hybridized carbons (Fsp3) is 0.333. The second kappa shape index (κ2) is 5.20. The van der Waals surface area contributed by atoms with Gasteiger partial charge in [0.15, 0.2) is 0 Å². The van der Waals surface area contributed by atoms with Crippen molar-refractivity contribution in [1.29, 1.82) is 0 Å². The van der Waals surface area contributed by atoms with E-state index in [0.717, 1.165) is 6.07 Å². The summed E-state index contributed by atoms with van der Waals surface area (Å²) in [5.41, 5.74) is -0.685. The van der Waals surface area contributed by atoms with Crippen molar-refractivity contribution < 1.29 is 14.1 Å². The fourth-order valence-electron chi connectivity index (χ4n) is 2.00. The van der Waals surface area contributed by atoms with Crippen LogP contribution >= 0.6 is 0 Å². The molecule has 0 fully saturated rings. The molecule has 0 saturated heterocycles. The van der Waals surface area contributed by atoms with Crippen LogP contribution in [0, 0.1) is 21.3 Å². The molecule has 0 unspecified atom stereocenters. The van der Waals surface area contributed by atoms with Crippen molar-refractivity contribution in [2.24, 2.45) is 5.41 Å². The quantitative estimate of drug-likeness (QED) is 0.641. The number of halogens is 1. The van der Waals surface area contributed by atoms with Crippen LogP contribution in [0.1, 0.15) is 26.3 Å². The van der Waals surface area contributed by atoms with Crippen LogP contribution in [-0.4, -0.2) is 15.7 Å². The average Bonchev–Trinajstić information content (AvgIpc) is 2.40. The van der Waals surface area contributed by atoms with Gasteiger partial charge >= 0.3 is 0 Å². The van der Waals surface area contributed by atoms with Gasteiger partial charge in [-0.25, -0.2) is 4.39 Å². The second-order valence-corrected chi connectivity index (χ2v) is 5.86. The van der Waals surface area contributed by atoms with Crippen LogP contribution in [0.2, 0.25) is 0 Å². The molecule has 1 aromatic carbocycles. The molecule has 2 rings (SSSR count). The van der Waals surface area contributed by atoms with Gasteiger partial charge in [0.25, 0.3) is 5.69 Å². The monoisotopic (exact) mass is 290 g/mol. The van der Waals surface area contributed by atoms with E-state index in [1.807, 2.05) is 0 Å². The maximum Gasteiger partial charge on any atom is 0.281 e. The van der Waals surface area contributed by atoms with Gasteiger partial charge in [0.05, 0.1) is 21.9 Å². The maximum absolute atomic E-state index is 14.2. The Balaban J connectivity index is 2.65. The molecule has 0 atom stereocenters. The molecule has 1 aromatic heterocycles. The molecule has 2 aromatic rings. The van der Waals surface area contributed by atoms with Crippen molar-refractivity contribution in [1.82, 2.24) is 4.98 Å². The number of hydrogen-bond donors (Lipinski definition) is 0. The van der Waals surface area contributed by atoms with Crippen molar-refractivity contribution in [3.8, 4) is 0 Å². The number of rotatable bonds is 3. The Bertz CT molecular complexity index is 736. The number of aromatic nitrogens is 1. The summed E-state index contributed by atoms with van der Waals surface area (Å²) < 4.78 is 14.2. The summed E-state index contributed by atoms with van der Waals surface area (Å²) in [6.45, 7) is 5.23. The SMILES string of the molecule is CC(C)(C)C(=O)Cc1c(F)cc([N+](=O)[O-])c2cccnc12. The number of pyridine rings is 1. The summed E-state index contributed by atoms with van der Waals surface area (Å²) in [7, 11) is 0. The number of benzene rings is 1. The van der Waals surface area contributed by atoms with Gasteiger partial charge in [0.2, 0.25) is 0 Å². The largest absolute Gasteiger partial charge is 0.299 e. The van der Waals surface area contributed by atoms with Gasteiger partial charge in [0, 0.05) is 23.6 Å². The Hall–Kier alpha value is -2.37. The van der Waals surface area contributed by atoms with E-state index < -0.39 is 16.2 Å². The molecule has 5 nitrogen and oxygen atoms in total. The van der Waals surface area contributed by atoms with E-state index in [9.17, 15) is 19.3 Å². The Kier molecular flexibility index (Phi) is 3.72. The van der Waals surface area contributed by atoms with Crippen molar-refractivity contribution in [2.75, 3.05) is 0 Å². The number of carbonyl (C=O) groups excluding carboxylic acids is 1. The van der Waals surface area contributed by atoms with E-state index in [1.165, 1.54) is 12.3 Å². The summed E-state index contributed by atoms with van der Waals surface area (Å²) >= 11 is 0. The van der Waals surface area contributed by atoms with Crippen LogP contribution in [0.4, 0.5) is 10.1 Å². The Labute approximate surface area is 121 Å². The van der Waals surface area contributed by atoms with Crippen LogP contribution in [0.15, 0.2) is 24.4 Å². The Morgan fingerprint density at radius 3 is 2.67 bits per heavy atom. The highest BCUT2D eigenvalue weighted by molar-refractivity contribution is 5.94. The van der Waals surface area contributed by atoms with Gasteiger partial charge in [-0.3, -0.25) is 19.9 Å². The topological polar surface area (TPSA) is 73.1 Å². The van der Waals surface area contributed by atoms with Gasteiger partial charge in [-0.15, -0.1) is 0 Å². The Morgan fingerprint density at radius 1 is 1.43 bits per heavy atom. The molecule has 6 heteroatoms. The number of Topliss-reactive ketones (excluding diaryl/α,β-unsaturated/α-hetero) is 1. The smallest absolute Gasteiger partial charge is 0.281 e. The zero-order valence-corrected chi connectivity index (χ0v) is 12.0. The highest BCUT2D eigenvalue weighted by Gasteiger charge is 2.26. The minimum absolute atomic E-state index is 0.108. The zero-order chi connectivity index (χ0) is 15.8. The van der Waals surface area contributed by atoms with E-state index >= 15 is 0 Å². The maximum atomic E-state index is 14.2. The molecule has 0 bridgehead atoms. The second-order valence-electron chi connectivity index (χ2n) is 5.86. The number of carbonyl (C=O) groups is 1. The molecule has 0 saturated carbocycles. The third-order valence-corrected chi connectivity index (χ3v) is 3.29. The molecule has 21 heavy (non-hydrogen) atoms.